The summed E-state index contributed by atoms with van der Waals surface area (Å²) >= 11 is 0. The third-order valence-corrected chi connectivity index (χ3v) is 8.54. The SMILES string of the molecule is C=CC[C@@H]1C(=O)C(C)(C)[C@H](O)CC(=O)O[C@H](c2ccc3oc(C)nc3c2)CC2O[C@@]2(C)CCC[C@H](C)[C@H]1O. The number of benzene rings is 1. The van der Waals surface area contributed by atoms with E-state index in [1.807, 2.05) is 25.1 Å². The van der Waals surface area contributed by atoms with Gasteiger partial charge >= 0.3 is 5.97 Å². The van der Waals surface area contributed by atoms with Crippen molar-refractivity contribution < 1.29 is 33.7 Å². The smallest absolute Gasteiger partial charge is 0.309 e. The standard InChI is InChI=1S/C30H41NO7/c1-7-9-20-27(34)17(2)10-8-13-30(6)25(38-30)15-23(19-11-12-22-21(14-19)31-18(3)36-22)37-26(33)16-24(32)29(4,5)28(20)35/h7,11-12,14,17,20,23-25,27,32,34H,1,8-10,13,15-16H2,2-6H3/t17-,20-,23-,24+,25?,27+,30-/m0/s1. The van der Waals surface area contributed by atoms with Gasteiger partial charge in [-0.05, 0) is 49.8 Å². The van der Waals surface area contributed by atoms with Gasteiger partial charge < -0.3 is 24.1 Å². The average Bonchev–Trinajstić information content (AvgIpc) is 3.32. The number of carbonyl (C=O) groups is 2. The normalized spacial score (nSPS) is 34.9. The van der Waals surface area contributed by atoms with Gasteiger partial charge in [0.25, 0.3) is 0 Å². The third-order valence-electron chi connectivity index (χ3n) is 8.54. The fourth-order valence-corrected chi connectivity index (χ4v) is 5.70. The lowest BCUT2D eigenvalue weighted by Gasteiger charge is -2.35. The van der Waals surface area contributed by atoms with Crippen LogP contribution in [0, 0.1) is 24.2 Å². The summed E-state index contributed by atoms with van der Waals surface area (Å²) in [5.74, 6) is -1.19. The molecule has 3 heterocycles. The van der Waals surface area contributed by atoms with E-state index in [9.17, 15) is 19.8 Å². The number of ether oxygens (including phenoxy) is 2. The summed E-state index contributed by atoms with van der Waals surface area (Å²) in [7, 11) is 0. The van der Waals surface area contributed by atoms with Crippen molar-refractivity contribution in [3.63, 3.8) is 0 Å². The zero-order valence-electron chi connectivity index (χ0n) is 23.1. The number of oxazole rings is 1. The topological polar surface area (TPSA) is 122 Å². The monoisotopic (exact) mass is 527 g/mol. The van der Waals surface area contributed by atoms with E-state index >= 15 is 0 Å². The molecule has 1 unspecified atom stereocenters. The number of aromatic nitrogens is 1. The van der Waals surface area contributed by atoms with E-state index in [4.69, 9.17) is 13.9 Å². The maximum absolute atomic E-state index is 13.6. The summed E-state index contributed by atoms with van der Waals surface area (Å²) in [6, 6.07) is 5.53. The van der Waals surface area contributed by atoms with Crippen molar-refractivity contribution in [2.24, 2.45) is 17.3 Å². The summed E-state index contributed by atoms with van der Waals surface area (Å²) in [4.78, 5) is 31.1. The number of aryl methyl sites for hydroxylation is 1. The molecule has 8 nitrogen and oxygen atoms in total. The Kier molecular flexibility index (Phi) is 8.17. The minimum atomic E-state index is -1.28. The van der Waals surface area contributed by atoms with E-state index in [1.165, 1.54) is 0 Å². The molecule has 8 heteroatoms. The Morgan fingerprint density at radius 3 is 2.66 bits per heavy atom. The van der Waals surface area contributed by atoms with Crippen molar-refractivity contribution in [3.05, 3.63) is 42.3 Å². The fourth-order valence-electron chi connectivity index (χ4n) is 5.70. The predicted molar refractivity (Wildman–Crippen MR) is 142 cm³/mol. The number of epoxide rings is 1. The predicted octanol–water partition coefficient (Wildman–Crippen LogP) is 4.99. The summed E-state index contributed by atoms with van der Waals surface area (Å²) in [6.45, 7) is 12.8. The van der Waals surface area contributed by atoms with Crippen molar-refractivity contribution in [1.82, 2.24) is 4.98 Å². The van der Waals surface area contributed by atoms with E-state index in [0.717, 1.165) is 24.8 Å². The Morgan fingerprint density at radius 2 is 1.95 bits per heavy atom. The van der Waals surface area contributed by atoms with Gasteiger partial charge in [-0.15, -0.1) is 6.58 Å². The molecule has 0 radical (unpaired) electrons. The van der Waals surface area contributed by atoms with E-state index in [-0.39, 0.29) is 29.8 Å². The molecule has 2 aromatic rings. The Balaban J connectivity index is 1.63. The Bertz CT molecular complexity index is 1190. The molecule has 7 atom stereocenters. The molecule has 0 spiro atoms. The van der Waals surface area contributed by atoms with Gasteiger partial charge in [0.05, 0.1) is 35.7 Å². The molecule has 1 aromatic heterocycles. The van der Waals surface area contributed by atoms with Crippen LogP contribution < -0.4 is 0 Å². The lowest BCUT2D eigenvalue weighted by atomic mass is 9.71. The van der Waals surface area contributed by atoms with Gasteiger partial charge in [-0.2, -0.15) is 0 Å². The zero-order valence-corrected chi connectivity index (χ0v) is 23.1. The highest BCUT2D eigenvalue weighted by molar-refractivity contribution is 5.88. The number of carbonyl (C=O) groups excluding carboxylic acids is 2. The van der Waals surface area contributed by atoms with E-state index in [0.29, 0.717) is 29.8 Å². The lowest BCUT2D eigenvalue weighted by Crippen LogP contribution is -2.46. The molecule has 2 N–H and O–H groups in total. The molecule has 2 fully saturated rings. The highest BCUT2D eigenvalue weighted by Crippen LogP contribution is 2.47. The second-order valence-corrected chi connectivity index (χ2v) is 11.9. The van der Waals surface area contributed by atoms with Crippen LogP contribution in [0.4, 0.5) is 0 Å². The largest absolute Gasteiger partial charge is 0.457 e. The Morgan fingerprint density at radius 1 is 1.21 bits per heavy atom. The molecule has 4 rings (SSSR count). The van der Waals surface area contributed by atoms with Gasteiger partial charge in [0, 0.05) is 19.3 Å². The number of allylic oxidation sites excluding steroid dienone is 1. The number of fused-ring (bicyclic) bond motifs is 2. The summed E-state index contributed by atoms with van der Waals surface area (Å²) in [5, 5.41) is 22.2. The highest BCUT2D eigenvalue weighted by atomic mass is 16.6. The highest BCUT2D eigenvalue weighted by Gasteiger charge is 2.53. The molecule has 0 aliphatic carbocycles. The first-order valence-electron chi connectivity index (χ1n) is 13.6. The number of aliphatic hydroxyl groups is 2. The van der Waals surface area contributed by atoms with Gasteiger partial charge in [-0.25, -0.2) is 4.98 Å². The molecular weight excluding hydrogens is 486 g/mol. The van der Waals surface area contributed by atoms with Crippen molar-refractivity contribution in [3.8, 4) is 0 Å². The molecule has 2 aliphatic rings. The number of nitrogens with zero attached hydrogens (tertiary/aromatic N) is 1. The summed E-state index contributed by atoms with van der Waals surface area (Å²) < 4.78 is 17.6. The van der Waals surface area contributed by atoms with Crippen molar-refractivity contribution in [2.75, 3.05) is 0 Å². The molecule has 208 valence electrons. The van der Waals surface area contributed by atoms with Gasteiger partial charge in [-0.1, -0.05) is 39.3 Å². The van der Waals surface area contributed by atoms with Crippen LogP contribution in [-0.2, 0) is 19.1 Å². The first-order chi connectivity index (χ1) is 17.9. The summed E-state index contributed by atoms with van der Waals surface area (Å²) in [6.07, 6.45) is 1.50. The van der Waals surface area contributed by atoms with Gasteiger partial charge in [0.1, 0.15) is 17.4 Å². The second-order valence-electron chi connectivity index (χ2n) is 11.9. The van der Waals surface area contributed by atoms with Crippen LogP contribution in [0.2, 0.25) is 0 Å². The van der Waals surface area contributed by atoms with Crippen LogP contribution in [0.3, 0.4) is 0 Å². The number of ketones is 1. The van der Waals surface area contributed by atoms with Crippen LogP contribution in [0.15, 0.2) is 35.3 Å². The maximum Gasteiger partial charge on any atom is 0.309 e. The molecular formula is C30H41NO7. The van der Waals surface area contributed by atoms with Crippen molar-refractivity contribution in [2.45, 2.75) is 103 Å². The molecule has 2 aliphatic heterocycles. The second kappa shape index (κ2) is 10.9. The molecule has 0 amide bonds. The Hall–Kier alpha value is -2.55. The summed E-state index contributed by atoms with van der Waals surface area (Å²) in [5.41, 5.74) is 0.481. The molecule has 1 aromatic carbocycles. The quantitative estimate of drug-likeness (QED) is 0.325. The number of Topliss-reactive ketones (excluding diaryl/α,β-unsaturated/α-hetero) is 1. The van der Waals surface area contributed by atoms with Crippen molar-refractivity contribution >= 4 is 22.9 Å². The lowest BCUT2D eigenvalue weighted by molar-refractivity contribution is -0.156. The Labute approximate surface area is 224 Å². The van der Waals surface area contributed by atoms with Crippen LogP contribution in [0.25, 0.3) is 11.1 Å². The van der Waals surface area contributed by atoms with E-state index < -0.39 is 35.6 Å². The molecule has 0 saturated carbocycles. The zero-order chi connectivity index (χ0) is 27.8. The van der Waals surface area contributed by atoms with Gasteiger partial charge in [0.2, 0.25) is 0 Å². The van der Waals surface area contributed by atoms with Gasteiger partial charge in [0.15, 0.2) is 11.5 Å². The van der Waals surface area contributed by atoms with Crippen molar-refractivity contribution in [1.29, 1.82) is 0 Å². The number of hydrogen-bond donors (Lipinski definition) is 2. The average molecular weight is 528 g/mol. The number of esters is 1. The number of hydrogen-bond acceptors (Lipinski definition) is 8. The maximum atomic E-state index is 13.6. The fraction of sp³-hybridized carbons (Fsp3) is 0.633. The number of rotatable bonds is 3. The third kappa shape index (κ3) is 5.87. The van der Waals surface area contributed by atoms with Gasteiger partial charge in [-0.3, -0.25) is 9.59 Å². The number of cyclic esters (lactones) is 1. The first kappa shape index (κ1) is 28.5. The molecule has 2 saturated heterocycles. The molecule has 0 bridgehead atoms. The molecule has 38 heavy (non-hydrogen) atoms. The van der Waals surface area contributed by atoms with Crippen LogP contribution in [0.5, 0.6) is 0 Å². The van der Waals surface area contributed by atoms with Crippen LogP contribution in [0.1, 0.15) is 83.8 Å². The van der Waals surface area contributed by atoms with E-state index in [2.05, 4.69) is 18.5 Å². The minimum Gasteiger partial charge on any atom is -0.457 e. The number of aliphatic hydroxyl groups excluding tert-OH is 2. The minimum absolute atomic E-state index is 0.0976. The van der Waals surface area contributed by atoms with E-state index in [1.54, 1.807) is 26.8 Å². The van der Waals surface area contributed by atoms with Crippen LogP contribution in [-0.4, -0.2) is 50.9 Å². The van der Waals surface area contributed by atoms with Crippen LogP contribution >= 0.6 is 0 Å². The first-order valence-corrected chi connectivity index (χ1v) is 13.6.